The van der Waals surface area contributed by atoms with Gasteiger partial charge in [-0.2, -0.15) is 0 Å². The Morgan fingerprint density at radius 1 is 0.875 bits per heavy atom. The molecule has 0 amide bonds. The zero-order valence-corrected chi connectivity index (χ0v) is 20.3. The van der Waals surface area contributed by atoms with Gasteiger partial charge in [-0.05, 0) is 0 Å². The Kier molecular flexibility index (Phi) is 12.1. The summed E-state index contributed by atoms with van der Waals surface area (Å²) in [7, 11) is 0. The summed E-state index contributed by atoms with van der Waals surface area (Å²) in [5, 5.41) is 0. The molecule has 0 saturated carbocycles. The summed E-state index contributed by atoms with van der Waals surface area (Å²) in [5.74, 6) is 0. The fourth-order valence-electron chi connectivity index (χ4n) is 3.53. The van der Waals surface area contributed by atoms with Crippen LogP contribution in [0.4, 0.5) is 0 Å². The first kappa shape index (κ1) is 22.0. The number of hydrogen-bond acceptors (Lipinski definition) is 0. The third-order valence-electron chi connectivity index (χ3n) is 5.00. The van der Waals surface area contributed by atoms with Crippen LogP contribution in [0, 0.1) is 0 Å². The van der Waals surface area contributed by atoms with E-state index in [1.807, 2.05) is 0 Å². The summed E-state index contributed by atoms with van der Waals surface area (Å²) in [6.45, 7) is 7.03. The molecule has 1 aromatic rings. The Balaban J connectivity index is 3.27. The van der Waals surface area contributed by atoms with Crippen LogP contribution in [0.1, 0.15) is 64.9 Å². The molecule has 134 valence electrons. The van der Waals surface area contributed by atoms with E-state index in [9.17, 15) is 0 Å². The van der Waals surface area contributed by atoms with Crippen LogP contribution in [0.25, 0.3) is 6.08 Å². The zero-order chi connectivity index (χ0) is 17.7. The predicted octanol–water partition coefficient (Wildman–Crippen LogP) is 8.37. The molecular weight excluding hydrogens is 463 g/mol. The summed E-state index contributed by atoms with van der Waals surface area (Å²) >= 11 is 1.22. The van der Waals surface area contributed by atoms with Crippen molar-refractivity contribution in [3.8, 4) is 0 Å². The first-order valence-corrected chi connectivity index (χ1v) is 18.2. The Bertz CT molecular complexity index is 468. The zero-order valence-electron chi connectivity index (χ0n) is 15.9. The molecule has 0 aliphatic carbocycles. The molecular formula is C22H35BrSn. The second kappa shape index (κ2) is 13.2. The molecule has 0 aliphatic heterocycles. The van der Waals surface area contributed by atoms with Crippen LogP contribution in [0.15, 0.2) is 45.0 Å². The molecule has 0 N–H and O–H groups in total. The molecule has 0 heterocycles. The Morgan fingerprint density at radius 2 is 1.38 bits per heavy atom. The summed E-state index contributed by atoms with van der Waals surface area (Å²) < 4.78 is 6.26. The second-order valence-electron chi connectivity index (χ2n) is 6.89. The van der Waals surface area contributed by atoms with Gasteiger partial charge >= 0.3 is 164 Å². The topological polar surface area (TPSA) is 0 Å². The molecule has 2 heteroatoms. The van der Waals surface area contributed by atoms with E-state index < -0.39 is 18.4 Å². The van der Waals surface area contributed by atoms with Crippen LogP contribution in [0.2, 0.25) is 13.3 Å². The van der Waals surface area contributed by atoms with Crippen molar-refractivity contribution in [3.63, 3.8) is 0 Å². The fourth-order valence-corrected chi connectivity index (χ4v) is 20.5. The molecule has 0 radical (unpaired) electrons. The van der Waals surface area contributed by atoms with Crippen molar-refractivity contribution in [2.75, 3.05) is 0 Å². The molecule has 0 saturated heterocycles. The summed E-state index contributed by atoms with van der Waals surface area (Å²) in [6.07, 6.45) is 13.1. The van der Waals surface area contributed by atoms with Crippen molar-refractivity contribution in [3.05, 3.63) is 50.5 Å². The number of halogens is 1. The average molecular weight is 498 g/mol. The predicted molar refractivity (Wildman–Crippen MR) is 117 cm³/mol. The van der Waals surface area contributed by atoms with Gasteiger partial charge < -0.3 is 0 Å². The van der Waals surface area contributed by atoms with Gasteiger partial charge in [0.2, 0.25) is 0 Å². The van der Waals surface area contributed by atoms with Crippen molar-refractivity contribution < 1.29 is 0 Å². The maximum atomic E-state index is 3.57. The Hall–Kier alpha value is -0.0213. The quantitative estimate of drug-likeness (QED) is 0.201. The molecule has 0 fully saturated rings. The van der Waals surface area contributed by atoms with Gasteiger partial charge in [-0.15, -0.1) is 0 Å². The molecule has 1 aromatic carbocycles. The van der Waals surface area contributed by atoms with Gasteiger partial charge in [-0.25, -0.2) is 0 Å². The molecule has 0 atom stereocenters. The van der Waals surface area contributed by atoms with E-state index in [1.54, 1.807) is 3.59 Å². The third kappa shape index (κ3) is 7.47. The molecule has 0 aromatic heterocycles. The van der Waals surface area contributed by atoms with E-state index >= 15 is 0 Å². The number of rotatable bonds is 12. The molecule has 1 rings (SSSR count). The van der Waals surface area contributed by atoms with Crippen molar-refractivity contribution in [2.24, 2.45) is 0 Å². The summed E-state index contributed by atoms with van der Waals surface area (Å²) in [4.78, 5) is 2.09. The van der Waals surface area contributed by atoms with Gasteiger partial charge in [0.1, 0.15) is 0 Å². The van der Waals surface area contributed by atoms with E-state index in [1.165, 1.54) is 57.4 Å². The maximum absolute atomic E-state index is 3.57. The van der Waals surface area contributed by atoms with Crippen LogP contribution in [0.3, 0.4) is 0 Å². The van der Waals surface area contributed by atoms with Crippen LogP contribution >= 0.6 is 15.9 Å². The number of allylic oxidation sites excluding steroid dienone is 2. The van der Waals surface area contributed by atoms with Gasteiger partial charge in [0.25, 0.3) is 0 Å². The van der Waals surface area contributed by atoms with Crippen LogP contribution in [-0.2, 0) is 0 Å². The first-order valence-electron chi connectivity index (χ1n) is 9.76. The molecule has 0 nitrogen and oxygen atoms in total. The van der Waals surface area contributed by atoms with Crippen LogP contribution in [0.5, 0.6) is 0 Å². The van der Waals surface area contributed by atoms with E-state index in [4.69, 9.17) is 0 Å². The fraction of sp³-hybridized carbons (Fsp3) is 0.545. The number of benzene rings is 1. The van der Waals surface area contributed by atoms with Crippen LogP contribution in [-0.4, -0.2) is 18.4 Å². The van der Waals surface area contributed by atoms with Gasteiger partial charge in [0.05, 0.1) is 0 Å². The summed E-state index contributed by atoms with van der Waals surface area (Å²) in [6, 6.07) is 10.9. The van der Waals surface area contributed by atoms with E-state index in [0.717, 1.165) is 0 Å². The second-order valence-corrected chi connectivity index (χ2v) is 20.7. The number of unbranched alkanes of at least 4 members (excludes halogenated alkanes) is 3. The molecule has 0 aliphatic rings. The van der Waals surface area contributed by atoms with Gasteiger partial charge in [-0.3, -0.25) is 0 Å². The van der Waals surface area contributed by atoms with Crippen molar-refractivity contribution in [1.82, 2.24) is 0 Å². The standard InChI is InChI=1S/C10H8Br.3C4H9.Sn/c11-9-5-4-8-10-6-2-1-3-7-10;3*1-3-4-2;/h1-3,5-9H;3*1,3-4H2,2H3;/b8-4?,9-5+;;;;. The Labute approximate surface area is 162 Å². The first-order chi connectivity index (χ1) is 11.7. The van der Waals surface area contributed by atoms with Crippen molar-refractivity contribution in [1.29, 1.82) is 0 Å². The molecule has 0 bridgehead atoms. The summed E-state index contributed by atoms with van der Waals surface area (Å²) in [5.41, 5.74) is 1.36. The minimum atomic E-state index is -2.35. The van der Waals surface area contributed by atoms with E-state index in [-0.39, 0.29) is 0 Å². The van der Waals surface area contributed by atoms with Crippen molar-refractivity contribution >= 4 is 40.4 Å². The van der Waals surface area contributed by atoms with Crippen LogP contribution < -0.4 is 0 Å². The van der Waals surface area contributed by atoms with Gasteiger partial charge in [-0.1, -0.05) is 0 Å². The Morgan fingerprint density at radius 3 is 1.79 bits per heavy atom. The van der Waals surface area contributed by atoms with E-state index in [2.05, 4.69) is 84.2 Å². The van der Waals surface area contributed by atoms with Gasteiger partial charge in [0, 0.05) is 0 Å². The monoisotopic (exact) mass is 498 g/mol. The minimum absolute atomic E-state index is 1.33. The van der Waals surface area contributed by atoms with E-state index in [0.29, 0.717) is 0 Å². The normalized spacial score (nSPS) is 12.9. The molecule has 0 spiro atoms. The van der Waals surface area contributed by atoms with Crippen molar-refractivity contribution in [2.45, 2.75) is 72.6 Å². The third-order valence-corrected chi connectivity index (χ3v) is 20.9. The SMILES string of the molecule is CCC[CH2][Sn]([CH2]CCC)([CH2]CCC)[C](=C\c1ccccc1)/C=C/Br. The molecule has 24 heavy (non-hydrogen) atoms. The average Bonchev–Trinajstić information content (AvgIpc) is 2.62. The van der Waals surface area contributed by atoms with Gasteiger partial charge in [0.15, 0.2) is 0 Å². The molecule has 0 unspecified atom stereocenters. The number of hydrogen-bond donors (Lipinski definition) is 0.